The second kappa shape index (κ2) is 7.09. The van der Waals surface area contributed by atoms with Crippen LogP contribution in [0.25, 0.3) is 11.0 Å². The van der Waals surface area contributed by atoms with Gasteiger partial charge in [0.25, 0.3) is 0 Å². The number of fused-ring (bicyclic) bond motifs is 1. The molecule has 0 atom stereocenters. The lowest BCUT2D eigenvalue weighted by Gasteiger charge is -2.10. The van der Waals surface area contributed by atoms with E-state index in [1.54, 1.807) is 24.3 Å². The van der Waals surface area contributed by atoms with Crippen molar-refractivity contribution < 1.29 is 12.8 Å². The Hall–Kier alpha value is -3.19. The van der Waals surface area contributed by atoms with E-state index in [1.165, 1.54) is 24.3 Å². The quantitative estimate of drug-likeness (QED) is 0.522. The normalized spacial score (nSPS) is 11.8. The summed E-state index contributed by atoms with van der Waals surface area (Å²) >= 11 is 0. The van der Waals surface area contributed by atoms with Crippen molar-refractivity contribution >= 4 is 26.6 Å². The Balaban J connectivity index is 1.76. The molecule has 2 N–H and O–H groups in total. The van der Waals surface area contributed by atoms with Gasteiger partial charge < -0.3 is 10.3 Å². The van der Waals surface area contributed by atoms with Gasteiger partial charge in [-0.3, -0.25) is 0 Å². The smallest absolute Gasteiger partial charge is 0.185 e. The van der Waals surface area contributed by atoms with Crippen LogP contribution in [0.3, 0.4) is 0 Å². The fraction of sp³-hybridized carbons (Fsp3) is 0.0952. The van der Waals surface area contributed by atoms with Crippen molar-refractivity contribution in [3.05, 3.63) is 90.0 Å². The maximum absolute atomic E-state index is 13.2. The first-order valence-corrected chi connectivity index (χ1v) is 10.3. The van der Waals surface area contributed by atoms with Crippen LogP contribution in [0.4, 0.5) is 10.1 Å². The molecule has 0 spiro atoms. The van der Waals surface area contributed by atoms with Crippen LogP contribution in [-0.2, 0) is 22.1 Å². The van der Waals surface area contributed by atoms with E-state index in [2.05, 4.69) is 4.98 Å². The number of sulfone groups is 1. The number of hydrogen-bond acceptors (Lipinski definition) is 4. The number of nitrogens with zero attached hydrogens (tertiary/aromatic N) is 2. The van der Waals surface area contributed by atoms with Crippen molar-refractivity contribution in [2.45, 2.75) is 17.2 Å². The van der Waals surface area contributed by atoms with Gasteiger partial charge in [-0.2, -0.15) is 0 Å². The summed E-state index contributed by atoms with van der Waals surface area (Å²) in [5, 5.41) is 0. The molecule has 142 valence electrons. The Morgan fingerprint density at radius 2 is 1.61 bits per heavy atom. The van der Waals surface area contributed by atoms with Gasteiger partial charge in [0.1, 0.15) is 17.4 Å². The molecule has 0 aliphatic carbocycles. The molecule has 0 fully saturated rings. The average molecular weight is 395 g/mol. The second-order valence-electron chi connectivity index (χ2n) is 6.56. The van der Waals surface area contributed by atoms with Crippen LogP contribution >= 0.6 is 0 Å². The van der Waals surface area contributed by atoms with E-state index in [0.717, 1.165) is 11.1 Å². The number of halogens is 1. The molecule has 4 rings (SSSR count). The molecule has 0 bridgehead atoms. The van der Waals surface area contributed by atoms with Gasteiger partial charge in [-0.25, -0.2) is 17.8 Å². The summed E-state index contributed by atoms with van der Waals surface area (Å²) in [4.78, 5) is 4.74. The minimum Gasteiger partial charge on any atom is -0.399 e. The highest BCUT2D eigenvalue weighted by molar-refractivity contribution is 7.90. The highest BCUT2D eigenvalue weighted by Gasteiger charge is 2.21. The molecule has 3 aromatic carbocycles. The molecule has 4 aromatic rings. The van der Waals surface area contributed by atoms with Crippen LogP contribution in [0, 0.1) is 5.82 Å². The lowest BCUT2D eigenvalue weighted by molar-refractivity contribution is 0.592. The maximum atomic E-state index is 13.2. The van der Waals surface area contributed by atoms with Crippen molar-refractivity contribution in [1.82, 2.24) is 9.55 Å². The molecular weight excluding hydrogens is 377 g/mol. The molecule has 28 heavy (non-hydrogen) atoms. The number of hydrogen-bond donors (Lipinski definition) is 1. The van der Waals surface area contributed by atoms with E-state index in [-0.39, 0.29) is 16.5 Å². The van der Waals surface area contributed by atoms with Crippen molar-refractivity contribution in [3.8, 4) is 0 Å². The molecule has 5 nitrogen and oxygen atoms in total. The zero-order valence-corrected chi connectivity index (χ0v) is 15.7. The molecular formula is C21H18FN3O2S. The van der Waals surface area contributed by atoms with Gasteiger partial charge in [0, 0.05) is 12.2 Å². The summed E-state index contributed by atoms with van der Waals surface area (Å²) in [5.41, 5.74) is 8.56. The van der Waals surface area contributed by atoms with Crippen LogP contribution in [0.1, 0.15) is 11.4 Å². The summed E-state index contributed by atoms with van der Waals surface area (Å²) in [6, 6.07) is 19.7. The van der Waals surface area contributed by atoms with Crippen molar-refractivity contribution in [2.24, 2.45) is 0 Å². The van der Waals surface area contributed by atoms with Gasteiger partial charge in [-0.05, 0) is 54.1 Å². The summed E-state index contributed by atoms with van der Waals surface area (Å²) in [5.74, 6) is -0.125. The molecule has 0 aliphatic rings. The topological polar surface area (TPSA) is 78.0 Å². The monoisotopic (exact) mass is 395 g/mol. The molecule has 1 aromatic heterocycles. The van der Waals surface area contributed by atoms with E-state index in [1.807, 2.05) is 28.8 Å². The summed E-state index contributed by atoms with van der Waals surface area (Å²) in [7, 11) is -3.60. The molecule has 0 saturated carbocycles. The van der Waals surface area contributed by atoms with Crippen LogP contribution in [0.2, 0.25) is 0 Å². The summed E-state index contributed by atoms with van der Waals surface area (Å²) in [6.07, 6.45) is 0. The number of anilines is 1. The number of imidazole rings is 1. The van der Waals surface area contributed by atoms with Crippen molar-refractivity contribution in [1.29, 1.82) is 0 Å². The number of rotatable bonds is 5. The van der Waals surface area contributed by atoms with Gasteiger partial charge >= 0.3 is 0 Å². The third-order valence-electron chi connectivity index (χ3n) is 4.55. The van der Waals surface area contributed by atoms with E-state index >= 15 is 0 Å². The Labute approximate surface area is 162 Å². The molecule has 0 unspecified atom stereocenters. The van der Waals surface area contributed by atoms with Gasteiger partial charge in [-0.15, -0.1) is 0 Å². The largest absolute Gasteiger partial charge is 0.399 e. The van der Waals surface area contributed by atoms with Gasteiger partial charge in [0.05, 0.1) is 15.9 Å². The number of benzene rings is 3. The molecule has 0 saturated heterocycles. The lowest BCUT2D eigenvalue weighted by Crippen LogP contribution is -2.12. The fourth-order valence-electron chi connectivity index (χ4n) is 3.11. The Morgan fingerprint density at radius 1 is 0.929 bits per heavy atom. The second-order valence-corrected chi connectivity index (χ2v) is 8.55. The first-order chi connectivity index (χ1) is 13.4. The van der Waals surface area contributed by atoms with Crippen LogP contribution in [-0.4, -0.2) is 18.0 Å². The first-order valence-electron chi connectivity index (χ1n) is 8.69. The molecule has 0 amide bonds. The third kappa shape index (κ3) is 3.61. The molecule has 0 aliphatic heterocycles. The summed E-state index contributed by atoms with van der Waals surface area (Å²) in [6.45, 7) is 0.396. The zero-order chi connectivity index (χ0) is 19.7. The van der Waals surface area contributed by atoms with E-state index in [4.69, 9.17) is 5.73 Å². The van der Waals surface area contributed by atoms with Crippen LogP contribution in [0.15, 0.2) is 77.7 Å². The Kier molecular flexibility index (Phi) is 4.60. The van der Waals surface area contributed by atoms with Crippen LogP contribution in [0.5, 0.6) is 0 Å². The highest BCUT2D eigenvalue weighted by Crippen LogP contribution is 2.23. The van der Waals surface area contributed by atoms with Crippen LogP contribution < -0.4 is 5.73 Å². The van der Waals surface area contributed by atoms with E-state index in [0.29, 0.717) is 23.6 Å². The molecule has 1 heterocycles. The lowest BCUT2D eigenvalue weighted by atomic mass is 10.2. The zero-order valence-electron chi connectivity index (χ0n) is 14.9. The Morgan fingerprint density at radius 3 is 2.32 bits per heavy atom. The van der Waals surface area contributed by atoms with E-state index < -0.39 is 9.84 Å². The predicted molar refractivity (Wildman–Crippen MR) is 107 cm³/mol. The van der Waals surface area contributed by atoms with Gasteiger partial charge in [0.15, 0.2) is 9.84 Å². The van der Waals surface area contributed by atoms with Crippen molar-refractivity contribution in [3.63, 3.8) is 0 Å². The number of nitrogen functional groups attached to an aromatic ring is 1. The van der Waals surface area contributed by atoms with Crippen molar-refractivity contribution in [2.75, 3.05) is 5.73 Å². The molecule has 7 heteroatoms. The number of nitrogens with two attached hydrogens (primary N) is 1. The maximum Gasteiger partial charge on any atom is 0.185 e. The fourth-order valence-corrected chi connectivity index (χ4v) is 4.39. The SMILES string of the molecule is Nc1ccc(S(=O)(=O)Cc2nc3ccccc3n2Cc2ccc(F)cc2)cc1. The number of aromatic nitrogens is 2. The Bertz CT molecular complexity index is 1230. The average Bonchev–Trinajstić information content (AvgIpc) is 3.00. The number of para-hydroxylation sites is 2. The van der Waals surface area contributed by atoms with E-state index in [9.17, 15) is 12.8 Å². The third-order valence-corrected chi connectivity index (χ3v) is 6.17. The predicted octanol–water partition coefficient (Wildman–Crippen LogP) is 3.78. The van der Waals surface area contributed by atoms with Gasteiger partial charge in [0.2, 0.25) is 0 Å². The molecule has 0 radical (unpaired) electrons. The summed E-state index contributed by atoms with van der Waals surface area (Å²) < 4.78 is 40.9. The minimum absolute atomic E-state index is 0.196. The highest BCUT2D eigenvalue weighted by atomic mass is 32.2. The van der Waals surface area contributed by atoms with Gasteiger partial charge in [-0.1, -0.05) is 24.3 Å². The minimum atomic E-state index is -3.60. The standard InChI is InChI=1S/C21H18FN3O2S/c22-16-7-5-15(6-8-16)13-25-20-4-2-1-3-19(20)24-21(25)14-28(26,27)18-11-9-17(23)10-12-18/h1-12H,13-14,23H2. The first kappa shape index (κ1) is 18.2.